The van der Waals surface area contributed by atoms with E-state index in [0.29, 0.717) is 40.3 Å². The molecule has 3 aromatic heterocycles. The molecule has 0 unspecified atom stereocenters. The number of aromatic nitrogens is 6. The van der Waals surface area contributed by atoms with Gasteiger partial charge in [-0.2, -0.15) is 0 Å². The number of rotatable bonds is 4. The molecule has 30 heavy (non-hydrogen) atoms. The molecule has 0 saturated carbocycles. The number of nitrogens with one attached hydrogen (secondary N) is 1. The third kappa shape index (κ3) is 2.81. The smallest absolute Gasteiger partial charge is 0.266 e. The predicted molar refractivity (Wildman–Crippen MR) is 116 cm³/mol. The second-order valence-corrected chi connectivity index (χ2v) is 6.99. The highest BCUT2D eigenvalue weighted by Gasteiger charge is 2.16. The molecule has 0 aliphatic rings. The molecule has 0 fully saturated rings. The predicted octanol–water partition coefficient (Wildman–Crippen LogP) is 2.92. The lowest BCUT2D eigenvalue weighted by atomic mass is 10.2. The van der Waals surface area contributed by atoms with Gasteiger partial charge in [-0.05, 0) is 30.7 Å². The van der Waals surface area contributed by atoms with Crippen molar-refractivity contribution in [3.63, 3.8) is 0 Å². The van der Waals surface area contributed by atoms with Crippen molar-refractivity contribution < 1.29 is 0 Å². The van der Waals surface area contributed by atoms with E-state index in [2.05, 4.69) is 20.3 Å². The fourth-order valence-electron chi connectivity index (χ4n) is 3.68. The van der Waals surface area contributed by atoms with Crippen molar-refractivity contribution in [2.75, 3.05) is 12.4 Å². The molecule has 0 spiro atoms. The maximum atomic E-state index is 13.5. The molecule has 0 atom stereocenters. The highest BCUT2D eigenvalue weighted by molar-refractivity contribution is 5.82. The molecule has 8 heteroatoms. The molecule has 148 valence electrons. The first-order chi connectivity index (χ1) is 14.7. The summed E-state index contributed by atoms with van der Waals surface area (Å²) in [7, 11) is 1.79. The normalized spacial score (nSPS) is 11.3. The van der Waals surface area contributed by atoms with Gasteiger partial charge in [0.05, 0.1) is 29.5 Å². The Morgan fingerprint density at radius 1 is 1.00 bits per heavy atom. The number of aryl methyl sites for hydroxylation is 1. The van der Waals surface area contributed by atoms with Crippen molar-refractivity contribution in [1.82, 2.24) is 29.1 Å². The summed E-state index contributed by atoms with van der Waals surface area (Å²) in [6, 6.07) is 15.2. The molecule has 0 saturated heterocycles. The third-order valence-corrected chi connectivity index (χ3v) is 5.15. The van der Waals surface area contributed by atoms with Crippen molar-refractivity contribution in [2.24, 2.45) is 0 Å². The van der Waals surface area contributed by atoms with Gasteiger partial charge in [-0.15, -0.1) is 0 Å². The van der Waals surface area contributed by atoms with Gasteiger partial charge < -0.3 is 9.88 Å². The third-order valence-electron chi connectivity index (χ3n) is 5.15. The lowest BCUT2D eigenvalue weighted by Crippen LogP contribution is -2.25. The van der Waals surface area contributed by atoms with Gasteiger partial charge >= 0.3 is 0 Å². The summed E-state index contributed by atoms with van der Waals surface area (Å²) in [4.78, 5) is 31.3. The number of hydrogen-bond donors (Lipinski definition) is 1. The Morgan fingerprint density at radius 2 is 1.80 bits per heavy atom. The number of anilines is 1. The van der Waals surface area contributed by atoms with Crippen molar-refractivity contribution >= 4 is 27.9 Å². The Balaban J connectivity index is 1.76. The van der Waals surface area contributed by atoms with E-state index in [1.54, 1.807) is 17.9 Å². The zero-order valence-corrected chi connectivity index (χ0v) is 16.6. The van der Waals surface area contributed by atoms with E-state index in [4.69, 9.17) is 4.98 Å². The molecule has 3 heterocycles. The van der Waals surface area contributed by atoms with Gasteiger partial charge in [0.2, 0.25) is 0 Å². The van der Waals surface area contributed by atoms with Gasteiger partial charge in [-0.25, -0.2) is 19.9 Å². The first kappa shape index (κ1) is 18.0. The molecule has 0 bridgehead atoms. The van der Waals surface area contributed by atoms with Gasteiger partial charge in [0.1, 0.15) is 17.7 Å². The van der Waals surface area contributed by atoms with E-state index < -0.39 is 0 Å². The SMILES string of the molecule is CNc1ncnc2c1ncn2Cc1nc2ccccc2c(=O)n1-c1ccccc1C. The van der Waals surface area contributed by atoms with Gasteiger partial charge in [-0.3, -0.25) is 9.36 Å². The van der Waals surface area contributed by atoms with Crippen molar-refractivity contribution in [3.8, 4) is 5.69 Å². The van der Waals surface area contributed by atoms with Gasteiger partial charge in [0.25, 0.3) is 5.56 Å². The van der Waals surface area contributed by atoms with Crippen LogP contribution in [0.15, 0.2) is 66.0 Å². The maximum absolute atomic E-state index is 13.5. The molecule has 2 aromatic carbocycles. The summed E-state index contributed by atoms with van der Waals surface area (Å²) < 4.78 is 3.56. The Morgan fingerprint density at radius 3 is 2.63 bits per heavy atom. The van der Waals surface area contributed by atoms with Crippen LogP contribution in [0.3, 0.4) is 0 Å². The van der Waals surface area contributed by atoms with E-state index in [9.17, 15) is 4.79 Å². The van der Waals surface area contributed by atoms with Crippen LogP contribution in [0.25, 0.3) is 27.8 Å². The number of nitrogens with zero attached hydrogens (tertiary/aromatic N) is 6. The standard InChI is InChI=1S/C22H19N7O/c1-14-7-3-6-10-17(14)29-18(27-16-9-5-4-8-15(16)22(29)30)11-28-13-26-19-20(23-2)24-12-25-21(19)28/h3-10,12-13H,11H2,1-2H3,(H,23,24,25). The molecule has 0 aliphatic heterocycles. The van der Waals surface area contributed by atoms with Crippen LogP contribution in [0.1, 0.15) is 11.4 Å². The van der Waals surface area contributed by atoms with Crippen LogP contribution in [0.4, 0.5) is 5.82 Å². The second kappa shape index (κ2) is 7.07. The summed E-state index contributed by atoms with van der Waals surface area (Å²) in [5, 5.41) is 3.61. The first-order valence-electron chi connectivity index (χ1n) is 9.57. The molecule has 0 radical (unpaired) electrons. The maximum Gasteiger partial charge on any atom is 0.266 e. The monoisotopic (exact) mass is 397 g/mol. The molecular formula is C22H19N7O. The van der Waals surface area contributed by atoms with Crippen LogP contribution in [0.5, 0.6) is 0 Å². The zero-order chi connectivity index (χ0) is 20.7. The fourth-order valence-corrected chi connectivity index (χ4v) is 3.68. The Hall–Kier alpha value is -4.07. The number of imidazole rings is 1. The molecule has 5 rings (SSSR count). The Kier molecular flexibility index (Phi) is 4.24. The molecule has 0 amide bonds. The zero-order valence-electron chi connectivity index (χ0n) is 16.6. The largest absolute Gasteiger partial charge is 0.371 e. The quantitative estimate of drug-likeness (QED) is 0.501. The van der Waals surface area contributed by atoms with Crippen molar-refractivity contribution in [1.29, 1.82) is 0 Å². The van der Waals surface area contributed by atoms with Crippen LogP contribution in [0, 0.1) is 6.92 Å². The van der Waals surface area contributed by atoms with E-state index in [1.165, 1.54) is 6.33 Å². The average molecular weight is 397 g/mol. The fraction of sp³-hybridized carbons (Fsp3) is 0.136. The Bertz CT molecular complexity index is 1450. The molecule has 1 N–H and O–H groups in total. The summed E-state index contributed by atoms with van der Waals surface area (Å²) in [6.45, 7) is 2.32. The summed E-state index contributed by atoms with van der Waals surface area (Å²) in [5.74, 6) is 1.26. The molecule has 5 aromatic rings. The van der Waals surface area contributed by atoms with Crippen molar-refractivity contribution in [3.05, 3.63) is 82.9 Å². The Labute approximate surface area is 171 Å². The van der Waals surface area contributed by atoms with Gasteiger partial charge in [-0.1, -0.05) is 30.3 Å². The number of para-hydroxylation sites is 2. The summed E-state index contributed by atoms with van der Waals surface area (Å²) >= 11 is 0. The second-order valence-electron chi connectivity index (χ2n) is 6.99. The minimum atomic E-state index is -0.0974. The summed E-state index contributed by atoms with van der Waals surface area (Å²) in [6.07, 6.45) is 3.19. The average Bonchev–Trinajstić information content (AvgIpc) is 3.18. The highest BCUT2D eigenvalue weighted by Crippen LogP contribution is 2.20. The number of fused-ring (bicyclic) bond motifs is 2. The molecule has 8 nitrogen and oxygen atoms in total. The molecule has 0 aliphatic carbocycles. The summed E-state index contributed by atoms with van der Waals surface area (Å²) in [5.41, 5.74) is 3.72. The minimum absolute atomic E-state index is 0.0974. The van der Waals surface area contributed by atoms with E-state index in [-0.39, 0.29) is 5.56 Å². The van der Waals surface area contributed by atoms with Crippen molar-refractivity contribution in [2.45, 2.75) is 13.5 Å². The lowest BCUT2D eigenvalue weighted by molar-refractivity contribution is 0.717. The minimum Gasteiger partial charge on any atom is -0.371 e. The molecular weight excluding hydrogens is 378 g/mol. The van der Waals surface area contributed by atoms with Gasteiger partial charge in [0.15, 0.2) is 11.5 Å². The van der Waals surface area contributed by atoms with E-state index in [1.807, 2.05) is 60.0 Å². The topological polar surface area (TPSA) is 90.5 Å². The van der Waals surface area contributed by atoms with Crippen LogP contribution < -0.4 is 10.9 Å². The first-order valence-corrected chi connectivity index (χ1v) is 9.57. The van der Waals surface area contributed by atoms with Crippen LogP contribution in [0.2, 0.25) is 0 Å². The van der Waals surface area contributed by atoms with Crippen LogP contribution in [-0.2, 0) is 6.54 Å². The van der Waals surface area contributed by atoms with E-state index in [0.717, 1.165) is 11.3 Å². The van der Waals surface area contributed by atoms with Crippen LogP contribution in [-0.4, -0.2) is 36.1 Å². The van der Waals surface area contributed by atoms with Gasteiger partial charge in [0, 0.05) is 7.05 Å². The number of hydrogen-bond acceptors (Lipinski definition) is 6. The van der Waals surface area contributed by atoms with Crippen LogP contribution >= 0.6 is 0 Å². The highest BCUT2D eigenvalue weighted by atomic mass is 16.1. The lowest BCUT2D eigenvalue weighted by Gasteiger charge is -2.16. The van der Waals surface area contributed by atoms with E-state index >= 15 is 0 Å². The number of benzene rings is 2.